The van der Waals surface area contributed by atoms with Gasteiger partial charge >= 0.3 is 0 Å². The lowest BCUT2D eigenvalue weighted by Gasteiger charge is -2.08. The smallest absolute Gasteiger partial charge is 0.150 e. The van der Waals surface area contributed by atoms with E-state index in [2.05, 4.69) is 9.98 Å². The summed E-state index contributed by atoms with van der Waals surface area (Å²) >= 11 is 5.93. The van der Waals surface area contributed by atoms with Crippen LogP contribution in [0, 0.1) is 0 Å². The van der Waals surface area contributed by atoms with Crippen molar-refractivity contribution in [3.63, 3.8) is 0 Å². The van der Waals surface area contributed by atoms with E-state index in [9.17, 15) is 4.79 Å². The number of aromatic nitrogens is 1. The molecule has 0 spiro atoms. The number of hydrogen-bond acceptors (Lipinski definition) is 3. The highest BCUT2D eigenvalue weighted by Crippen LogP contribution is 2.30. The van der Waals surface area contributed by atoms with Crippen molar-refractivity contribution in [1.82, 2.24) is 4.98 Å². The van der Waals surface area contributed by atoms with Crippen molar-refractivity contribution in [2.45, 2.75) is 0 Å². The van der Waals surface area contributed by atoms with Gasteiger partial charge in [-0.3, -0.25) is 4.79 Å². The Bertz CT molecular complexity index is 782. The van der Waals surface area contributed by atoms with Gasteiger partial charge in [0.1, 0.15) is 17.3 Å². The number of nitrogens with zero attached hydrogens (tertiary/aromatic N) is 1. The first-order valence-corrected chi connectivity index (χ1v) is 6.72. The van der Waals surface area contributed by atoms with Gasteiger partial charge in [-0.05, 0) is 29.8 Å². The number of nitrogen functional groups attached to an aromatic ring is 1. The van der Waals surface area contributed by atoms with Gasteiger partial charge in [-0.1, -0.05) is 35.9 Å². The fraction of sp³-hybridized carbons (Fsp3) is 0. The quantitative estimate of drug-likeness (QED) is 0.853. The maximum Gasteiger partial charge on any atom is 0.150 e. The van der Waals surface area contributed by atoms with Gasteiger partial charge in [0, 0.05) is 16.8 Å². The Morgan fingerprint density at radius 1 is 1.14 bits per heavy atom. The SMILES string of the molecule is Nc1ccc(/C(=C2/C=CC(Cl)=N2)c2ccc(C=O)cc2)[nH]1. The summed E-state index contributed by atoms with van der Waals surface area (Å²) in [4.78, 5) is 18.2. The second-order valence-corrected chi connectivity index (χ2v) is 4.98. The molecule has 1 aliphatic rings. The van der Waals surface area contributed by atoms with E-state index in [0.29, 0.717) is 16.6 Å². The lowest BCUT2D eigenvalue weighted by molar-refractivity contribution is 0.112. The monoisotopic (exact) mass is 297 g/mol. The highest BCUT2D eigenvalue weighted by Gasteiger charge is 2.14. The van der Waals surface area contributed by atoms with Crippen LogP contribution in [0.4, 0.5) is 5.82 Å². The summed E-state index contributed by atoms with van der Waals surface area (Å²) in [5, 5.41) is 0.437. The molecular formula is C16H12ClN3O. The molecule has 4 nitrogen and oxygen atoms in total. The Morgan fingerprint density at radius 3 is 2.43 bits per heavy atom. The molecule has 3 N–H and O–H groups in total. The molecule has 0 amide bonds. The first-order chi connectivity index (χ1) is 10.2. The van der Waals surface area contributed by atoms with Crippen molar-refractivity contribution in [2.75, 3.05) is 5.73 Å². The summed E-state index contributed by atoms with van der Waals surface area (Å²) in [6.07, 6.45) is 4.40. The van der Waals surface area contributed by atoms with Crippen LogP contribution in [0.25, 0.3) is 5.57 Å². The second-order valence-electron chi connectivity index (χ2n) is 4.60. The number of aliphatic imine (C=N–C) groups is 1. The maximum absolute atomic E-state index is 10.8. The number of nitrogens with one attached hydrogen (secondary N) is 1. The Balaban J connectivity index is 2.17. The van der Waals surface area contributed by atoms with Crippen molar-refractivity contribution in [1.29, 1.82) is 0 Å². The minimum atomic E-state index is 0.437. The first kappa shape index (κ1) is 13.4. The van der Waals surface area contributed by atoms with Gasteiger partial charge in [-0.15, -0.1) is 0 Å². The predicted octanol–water partition coefficient (Wildman–Crippen LogP) is 3.38. The van der Waals surface area contributed by atoms with Crippen molar-refractivity contribution in [3.05, 3.63) is 71.1 Å². The number of H-pyrrole nitrogens is 1. The van der Waals surface area contributed by atoms with Crippen LogP contribution < -0.4 is 5.73 Å². The predicted molar refractivity (Wildman–Crippen MR) is 85.5 cm³/mol. The molecule has 5 heteroatoms. The lowest BCUT2D eigenvalue weighted by atomic mass is 9.99. The zero-order chi connectivity index (χ0) is 14.8. The van der Waals surface area contributed by atoms with E-state index in [0.717, 1.165) is 28.8 Å². The van der Waals surface area contributed by atoms with Gasteiger partial charge in [-0.25, -0.2) is 4.99 Å². The fourth-order valence-electron chi connectivity index (χ4n) is 2.20. The molecule has 1 aromatic carbocycles. The number of hydrogen-bond donors (Lipinski definition) is 2. The number of halogens is 1. The maximum atomic E-state index is 10.8. The molecule has 2 aromatic rings. The number of allylic oxidation sites excluding steroid dienone is 2. The van der Waals surface area contributed by atoms with Crippen LogP contribution in [-0.4, -0.2) is 16.4 Å². The summed E-state index contributed by atoms with van der Waals surface area (Å²) in [5.74, 6) is 0.574. The van der Waals surface area contributed by atoms with Crippen LogP contribution >= 0.6 is 11.6 Å². The second kappa shape index (κ2) is 5.42. The Morgan fingerprint density at radius 2 is 1.90 bits per heavy atom. The Hall–Kier alpha value is -2.59. The van der Waals surface area contributed by atoms with Gasteiger partial charge in [0.15, 0.2) is 0 Å². The third-order valence-electron chi connectivity index (χ3n) is 3.18. The number of carbonyl (C=O) groups is 1. The molecule has 21 heavy (non-hydrogen) atoms. The summed E-state index contributed by atoms with van der Waals surface area (Å²) in [7, 11) is 0. The number of rotatable bonds is 3. The van der Waals surface area contributed by atoms with E-state index in [1.54, 1.807) is 24.3 Å². The van der Waals surface area contributed by atoms with Crippen LogP contribution in [0.3, 0.4) is 0 Å². The summed E-state index contributed by atoms with van der Waals surface area (Å²) < 4.78 is 0. The van der Waals surface area contributed by atoms with E-state index >= 15 is 0 Å². The molecule has 0 fully saturated rings. The molecule has 0 radical (unpaired) electrons. The van der Waals surface area contributed by atoms with E-state index in [4.69, 9.17) is 17.3 Å². The van der Waals surface area contributed by atoms with Crippen molar-refractivity contribution in [2.24, 2.45) is 4.99 Å². The lowest BCUT2D eigenvalue weighted by Crippen LogP contribution is -1.94. The largest absolute Gasteiger partial charge is 0.385 e. The average Bonchev–Trinajstić information content (AvgIpc) is 3.10. The minimum absolute atomic E-state index is 0.437. The Labute approximate surface area is 126 Å². The molecule has 1 aliphatic heterocycles. The van der Waals surface area contributed by atoms with Gasteiger partial charge in [0.2, 0.25) is 0 Å². The molecular weight excluding hydrogens is 286 g/mol. The number of aromatic amines is 1. The summed E-state index contributed by atoms with van der Waals surface area (Å²) in [5.41, 5.74) is 9.80. The first-order valence-electron chi connectivity index (χ1n) is 6.34. The van der Waals surface area contributed by atoms with Gasteiger partial charge in [0.25, 0.3) is 0 Å². The Kier molecular flexibility index (Phi) is 3.46. The molecule has 0 aliphatic carbocycles. The van der Waals surface area contributed by atoms with Gasteiger partial charge < -0.3 is 10.7 Å². The van der Waals surface area contributed by atoms with Crippen molar-refractivity contribution >= 4 is 34.4 Å². The number of aldehydes is 1. The van der Waals surface area contributed by atoms with Crippen LogP contribution in [0.15, 0.2) is 59.2 Å². The topological polar surface area (TPSA) is 71.2 Å². The summed E-state index contributed by atoms with van der Waals surface area (Å²) in [6.45, 7) is 0. The molecule has 0 unspecified atom stereocenters. The number of anilines is 1. The molecule has 3 rings (SSSR count). The van der Waals surface area contributed by atoms with Crippen LogP contribution in [0.2, 0.25) is 0 Å². The molecule has 0 atom stereocenters. The van der Waals surface area contributed by atoms with E-state index < -0.39 is 0 Å². The molecule has 0 bridgehead atoms. The zero-order valence-corrected chi connectivity index (χ0v) is 11.8. The molecule has 2 heterocycles. The molecule has 104 valence electrons. The van der Waals surface area contributed by atoms with Crippen LogP contribution in [-0.2, 0) is 0 Å². The normalized spacial score (nSPS) is 16.0. The van der Waals surface area contributed by atoms with E-state index in [1.807, 2.05) is 24.3 Å². The zero-order valence-electron chi connectivity index (χ0n) is 11.0. The third-order valence-corrected chi connectivity index (χ3v) is 3.39. The summed E-state index contributed by atoms with van der Waals surface area (Å²) in [6, 6.07) is 11.0. The van der Waals surface area contributed by atoms with Crippen molar-refractivity contribution in [3.8, 4) is 0 Å². The third kappa shape index (κ3) is 2.66. The fourth-order valence-corrected chi connectivity index (χ4v) is 2.36. The van der Waals surface area contributed by atoms with Crippen LogP contribution in [0.1, 0.15) is 21.6 Å². The number of nitrogens with two attached hydrogens (primary N) is 1. The van der Waals surface area contributed by atoms with E-state index in [1.165, 1.54) is 0 Å². The number of benzene rings is 1. The molecule has 1 aromatic heterocycles. The average molecular weight is 298 g/mol. The van der Waals surface area contributed by atoms with Gasteiger partial charge in [0.05, 0.1) is 5.70 Å². The number of carbonyl (C=O) groups excluding carboxylic acids is 1. The molecule has 0 saturated carbocycles. The molecule has 0 saturated heterocycles. The standard InChI is InChI=1S/C16H12ClN3O/c17-14-7-5-12(19-14)16(13-6-8-15(18)20-13)11-3-1-10(9-21)2-4-11/h1-9,20H,18H2/b16-12-. The highest BCUT2D eigenvalue weighted by molar-refractivity contribution is 6.69. The van der Waals surface area contributed by atoms with E-state index in [-0.39, 0.29) is 0 Å². The van der Waals surface area contributed by atoms with Gasteiger partial charge in [-0.2, -0.15) is 0 Å². The van der Waals surface area contributed by atoms with Crippen LogP contribution in [0.5, 0.6) is 0 Å². The van der Waals surface area contributed by atoms with Crippen molar-refractivity contribution < 1.29 is 4.79 Å². The highest BCUT2D eigenvalue weighted by atomic mass is 35.5. The minimum Gasteiger partial charge on any atom is -0.385 e.